The third-order valence-corrected chi connectivity index (χ3v) is 7.27. The molecule has 1 aromatic carbocycles. The molecule has 7 nitrogen and oxygen atoms in total. The third-order valence-electron chi connectivity index (χ3n) is 5.10. The Balaban J connectivity index is 1.47. The summed E-state index contributed by atoms with van der Waals surface area (Å²) in [4.78, 5) is 30.7. The number of hydrogen-bond acceptors (Lipinski definition) is 6. The highest BCUT2D eigenvalue weighted by Crippen LogP contribution is 2.29. The predicted octanol–water partition coefficient (Wildman–Crippen LogP) is 2.71. The molecular weight excluding hydrogens is 410 g/mol. The van der Waals surface area contributed by atoms with E-state index in [1.807, 2.05) is 42.6 Å². The predicted molar refractivity (Wildman–Crippen MR) is 110 cm³/mol. The Labute approximate surface area is 172 Å². The Kier molecular flexibility index (Phi) is 5.10. The first-order valence-electron chi connectivity index (χ1n) is 9.09. The van der Waals surface area contributed by atoms with E-state index in [9.17, 15) is 18.0 Å². The molecule has 1 saturated heterocycles. The Morgan fingerprint density at radius 1 is 1.28 bits per heavy atom. The van der Waals surface area contributed by atoms with Crippen LogP contribution in [0.25, 0.3) is 10.2 Å². The van der Waals surface area contributed by atoms with Crippen LogP contribution in [0.2, 0.25) is 0 Å². The number of benzene rings is 1. The van der Waals surface area contributed by atoms with Crippen molar-refractivity contribution in [1.29, 1.82) is 0 Å². The van der Waals surface area contributed by atoms with Crippen LogP contribution in [0.1, 0.15) is 24.9 Å². The quantitative estimate of drug-likeness (QED) is 0.673. The first-order chi connectivity index (χ1) is 13.8. The zero-order valence-electron chi connectivity index (χ0n) is 15.6. The Morgan fingerprint density at radius 3 is 2.79 bits per heavy atom. The minimum Gasteiger partial charge on any atom is -0.335 e. The average Bonchev–Trinajstić information content (AvgIpc) is 3.33. The summed E-state index contributed by atoms with van der Waals surface area (Å²) in [7, 11) is -4.06. The molecule has 3 aromatic rings. The number of carbonyl (C=O) groups is 2. The maximum absolute atomic E-state index is 12.6. The summed E-state index contributed by atoms with van der Waals surface area (Å²) in [6, 6.07) is 12.6. The van der Waals surface area contributed by atoms with Gasteiger partial charge in [0.2, 0.25) is 11.8 Å². The van der Waals surface area contributed by atoms with Crippen molar-refractivity contribution in [3.8, 4) is 0 Å². The molecular formula is C20H19N3O4S2. The monoisotopic (exact) mass is 429 g/mol. The zero-order valence-corrected chi connectivity index (χ0v) is 17.2. The molecule has 0 aliphatic carbocycles. The normalized spacial score (nSPS) is 18.2. The van der Waals surface area contributed by atoms with Crippen LogP contribution in [-0.4, -0.2) is 36.7 Å². The highest BCUT2D eigenvalue weighted by atomic mass is 32.2. The van der Waals surface area contributed by atoms with Gasteiger partial charge in [0, 0.05) is 19.2 Å². The number of hydrogen-bond donors (Lipinski definition) is 1. The van der Waals surface area contributed by atoms with Crippen LogP contribution in [-0.2, 0) is 19.6 Å². The average molecular weight is 430 g/mol. The fourth-order valence-electron chi connectivity index (χ4n) is 3.44. The summed E-state index contributed by atoms with van der Waals surface area (Å²) in [6.45, 7) is 2.07. The topological polar surface area (TPSA) is 96.4 Å². The Bertz CT molecular complexity index is 1170. The van der Waals surface area contributed by atoms with E-state index in [-0.39, 0.29) is 29.8 Å². The largest absolute Gasteiger partial charge is 0.335 e. The van der Waals surface area contributed by atoms with Crippen molar-refractivity contribution in [2.75, 3.05) is 6.54 Å². The van der Waals surface area contributed by atoms with Crippen molar-refractivity contribution < 1.29 is 18.0 Å². The van der Waals surface area contributed by atoms with Crippen molar-refractivity contribution in [2.45, 2.75) is 24.3 Å². The standard InChI is InChI=1S/C20H19N3O4S2/c1-13(14-5-3-2-4-6-14)23-12-15(9-19(23)24)20(25)22-29(26,27)16-10-18-17(21-11-16)7-8-28-18/h2-8,10-11,13,15H,9,12H2,1H3,(H,22,25). The number of sulfonamides is 1. The summed E-state index contributed by atoms with van der Waals surface area (Å²) in [6.07, 6.45) is 1.22. The molecule has 2 atom stereocenters. The second kappa shape index (κ2) is 7.57. The van der Waals surface area contributed by atoms with E-state index in [2.05, 4.69) is 9.71 Å². The minimum absolute atomic E-state index is 0.0132. The summed E-state index contributed by atoms with van der Waals surface area (Å²) in [5.41, 5.74) is 1.66. The van der Waals surface area contributed by atoms with Gasteiger partial charge in [-0.05, 0) is 30.0 Å². The van der Waals surface area contributed by atoms with Crippen LogP contribution < -0.4 is 4.72 Å². The van der Waals surface area contributed by atoms with E-state index in [0.717, 1.165) is 10.3 Å². The second-order valence-electron chi connectivity index (χ2n) is 6.98. The lowest BCUT2D eigenvalue weighted by atomic mass is 10.1. The van der Waals surface area contributed by atoms with Crippen LogP contribution in [0.15, 0.2) is 58.9 Å². The highest BCUT2D eigenvalue weighted by Gasteiger charge is 2.38. The molecule has 1 fully saturated rings. The van der Waals surface area contributed by atoms with E-state index in [4.69, 9.17) is 0 Å². The third kappa shape index (κ3) is 3.88. The minimum atomic E-state index is -4.06. The SMILES string of the molecule is CC(c1ccccc1)N1CC(C(=O)NS(=O)(=O)c2cnc3ccsc3c2)CC1=O. The van der Waals surface area contributed by atoms with Gasteiger partial charge in [-0.3, -0.25) is 14.6 Å². The first-order valence-corrected chi connectivity index (χ1v) is 11.5. The lowest BCUT2D eigenvalue weighted by molar-refractivity contribution is -0.130. The number of pyridine rings is 1. The molecule has 1 aliphatic rings. The molecule has 3 heterocycles. The van der Waals surface area contributed by atoms with Crippen molar-refractivity contribution in [3.05, 3.63) is 59.6 Å². The van der Waals surface area contributed by atoms with Crippen LogP contribution in [0, 0.1) is 5.92 Å². The molecule has 9 heteroatoms. The number of nitrogens with one attached hydrogen (secondary N) is 1. The number of rotatable bonds is 5. The molecule has 1 N–H and O–H groups in total. The fraction of sp³-hybridized carbons (Fsp3) is 0.250. The number of fused-ring (bicyclic) bond motifs is 1. The van der Waals surface area contributed by atoms with E-state index in [1.165, 1.54) is 23.6 Å². The smallest absolute Gasteiger partial charge is 0.265 e. The van der Waals surface area contributed by atoms with Gasteiger partial charge in [0.05, 0.1) is 22.2 Å². The van der Waals surface area contributed by atoms with Crippen molar-refractivity contribution in [1.82, 2.24) is 14.6 Å². The summed E-state index contributed by atoms with van der Waals surface area (Å²) < 4.78 is 28.1. The van der Waals surface area contributed by atoms with E-state index in [0.29, 0.717) is 5.52 Å². The van der Waals surface area contributed by atoms with E-state index < -0.39 is 21.8 Å². The summed E-state index contributed by atoms with van der Waals surface area (Å²) >= 11 is 1.37. The molecule has 2 aromatic heterocycles. The lowest BCUT2D eigenvalue weighted by Crippen LogP contribution is -2.37. The van der Waals surface area contributed by atoms with Gasteiger partial charge in [0.25, 0.3) is 10.0 Å². The molecule has 0 saturated carbocycles. The van der Waals surface area contributed by atoms with Gasteiger partial charge in [0.1, 0.15) is 4.90 Å². The van der Waals surface area contributed by atoms with Crippen molar-refractivity contribution >= 4 is 43.4 Å². The van der Waals surface area contributed by atoms with Gasteiger partial charge in [-0.15, -0.1) is 11.3 Å². The van der Waals surface area contributed by atoms with Gasteiger partial charge < -0.3 is 4.90 Å². The van der Waals surface area contributed by atoms with Gasteiger partial charge >= 0.3 is 0 Å². The lowest BCUT2D eigenvalue weighted by Gasteiger charge is -2.25. The summed E-state index contributed by atoms with van der Waals surface area (Å²) in [5.74, 6) is -1.56. The number of nitrogens with zero attached hydrogens (tertiary/aromatic N) is 2. The molecule has 0 bridgehead atoms. The zero-order chi connectivity index (χ0) is 20.6. The number of amides is 2. The van der Waals surface area contributed by atoms with Gasteiger partial charge in [-0.25, -0.2) is 13.1 Å². The Hall–Kier alpha value is -2.78. The first kappa shape index (κ1) is 19.5. The highest BCUT2D eigenvalue weighted by molar-refractivity contribution is 7.90. The molecule has 2 unspecified atom stereocenters. The Morgan fingerprint density at radius 2 is 2.03 bits per heavy atom. The van der Waals surface area contributed by atoms with Crippen LogP contribution in [0.4, 0.5) is 0 Å². The van der Waals surface area contributed by atoms with Gasteiger partial charge in [-0.2, -0.15) is 0 Å². The molecule has 4 rings (SSSR count). The van der Waals surface area contributed by atoms with Gasteiger partial charge in [0.15, 0.2) is 0 Å². The van der Waals surface area contributed by atoms with Crippen molar-refractivity contribution in [3.63, 3.8) is 0 Å². The number of carbonyl (C=O) groups excluding carboxylic acids is 2. The second-order valence-corrected chi connectivity index (χ2v) is 9.61. The fourth-order valence-corrected chi connectivity index (χ4v) is 5.31. The maximum atomic E-state index is 12.6. The van der Waals surface area contributed by atoms with Crippen LogP contribution >= 0.6 is 11.3 Å². The number of likely N-dealkylation sites (tertiary alicyclic amines) is 1. The molecule has 150 valence electrons. The van der Waals surface area contributed by atoms with Crippen molar-refractivity contribution in [2.24, 2.45) is 5.92 Å². The molecule has 2 amide bonds. The van der Waals surface area contributed by atoms with E-state index in [1.54, 1.807) is 11.0 Å². The van der Waals surface area contributed by atoms with E-state index >= 15 is 0 Å². The van der Waals surface area contributed by atoms with Crippen LogP contribution in [0.5, 0.6) is 0 Å². The summed E-state index contributed by atoms with van der Waals surface area (Å²) in [5, 5.41) is 1.82. The molecule has 29 heavy (non-hydrogen) atoms. The van der Waals surface area contributed by atoms with Crippen LogP contribution in [0.3, 0.4) is 0 Å². The van der Waals surface area contributed by atoms with Gasteiger partial charge in [-0.1, -0.05) is 30.3 Å². The molecule has 0 spiro atoms. The molecule has 1 aliphatic heterocycles. The number of thiophene rings is 1. The number of aromatic nitrogens is 1. The molecule has 0 radical (unpaired) electrons. The maximum Gasteiger partial charge on any atom is 0.265 e.